The van der Waals surface area contributed by atoms with E-state index in [1.807, 2.05) is 37.3 Å². The van der Waals surface area contributed by atoms with Crippen molar-refractivity contribution < 1.29 is 4.79 Å². The summed E-state index contributed by atoms with van der Waals surface area (Å²) in [5, 5.41) is 6.88. The van der Waals surface area contributed by atoms with Crippen LogP contribution in [-0.2, 0) is 11.3 Å². The Bertz CT molecular complexity index is 521. The van der Waals surface area contributed by atoms with Gasteiger partial charge in [0.1, 0.15) is 6.54 Å². The molecule has 0 fully saturated rings. The molecule has 0 aliphatic heterocycles. The molecule has 0 bridgehead atoms. The summed E-state index contributed by atoms with van der Waals surface area (Å²) in [6.45, 7) is 2.12. The number of nitrogen functional groups attached to an aromatic ring is 1. The molecule has 5 heteroatoms. The summed E-state index contributed by atoms with van der Waals surface area (Å²) in [7, 11) is 0. The van der Waals surface area contributed by atoms with Gasteiger partial charge < -0.3 is 11.1 Å². The van der Waals surface area contributed by atoms with Crippen LogP contribution in [0.2, 0.25) is 0 Å². The van der Waals surface area contributed by atoms with Gasteiger partial charge in [0.15, 0.2) is 0 Å². The Morgan fingerprint density at radius 2 is 2.17 bits per heavy atom. The highest BCUT2D eigenvalue weighted by Gasteiger charge is 2.09. The van der Waals surface area contributed by atoms with E-state index in [-0.39, 0.29) is 18.5 Å². The van der Waals surface area contributed by atoms with Gasteiger partial charge in [-0.05, 0) is 12.5 Å². The number of amides is 1. The monoisotopic (exact) mass is 244 g/mol. The molecule has 5 nitrogen and oxygen atoms in total. The van der Waals surface area contributed by atoms with Crippen LogP contribution in [0, 0.1) is 0 Å². The topological polar surface area (TPSA) is 72.9 Å². The molecule has 18 heavy (non-hydrogen) atoms. The molecule has 94 valence electrons. The summed E-state index contributed by atoms with van der Waals surface area (Å²) >= 11 is 0. The van der Waals surface area contributed by atoms with Crippen LogP contribution >= 0.6 is 0 Å². The minimum Gasteiger partial charge on any atom is -0.396 e. The van der Waals surface area contributed by atoms with Crippen molar-refractivity contribution in [2.45, 2.75) is 19.5 Å². The molecule has 3 N–H and O–H groups in total. The van der Waals surface area contributed by atoms with Gasteiger partial charge in [0.25, 0.3) is 0 Å². The van der Waals surface area contributed by atoms with Crippen LogP contribution in [-0.4, -0.2) is 15.7 Å². The van der Waals surface area contributed by atoms with Gasteiger partial charge in [0.2, 0.25) is 5.91 Å². The molecule has 2 aromatic rings. The number of anilines is 1. The first-order valence-electron chi connectivity index (χ1n) is 5.77. The van der Waals surface area contributed by atoms with Gasteiger partial charge in [-0.3, -0.25) is 9.48 Å². The third kappa shape index (κ3) is 3.10. The van der Waals surface area contributed by atoms with Crippen LogP contribution in [0.15, 0.2) is 42.7 Å². The largest absolute Gasteiger partial charge is 0.396 e. The molecule has 1 unspecified atom stereocenters. The van der Waals surface area contributed by atoms with Crippen LogP contribution in [0.3, 0.4) is 0 Å². The van der Waals surface area contributed by atoms with Crippen molar-refractivity contribution in [3.63, 3.8) is 0 Å². The summed E-state index contributed by atoms with van der Waals surface area (Å²) in [6, 6.07) is 9.79. The summed E-state index contributed by atoms with van der Waals surface area (Å²) in [6.07, 6.45) is 3.15. The van der Waals surface area contributed by atoms with Crippen molar-refractivity contribution in [2.75, 3.05) is 5.73 Å². The van der Waals surface area contributed by atoms with E-state index in [1.54, 1.807) is 6.20 Å². The van der Waals surface area contributed by atoms with Crippen molar-refractivity contribution in [1.29, 1.82) is 0 Å². The number of nitrogens with two attached hydrogens (primary N) is 1. The predicted molar refractivity (Wildman–Crippen MR) is 69.6 cm³/mol. The van der Waals surface area contributed by atoms with E-state index in [0.29, 0.717) is 5.69 Å². The van der Waals surface area contributed by atoms with Gasteiger partial charge in [-0.1, -0.05) is 30.3 Å². The Hall–Kier alpha value is -2.30. The highest BCUT2D eigenvalue weighted by atomic mass is 16.2. The molecule has 0 spiro atoms. The molecule has 1 atom stereocenters. The minimum absolute atomic E-state index is 0.0217. The predicted octanol–water partition coefficient (Wildman–Crippen LogP) is 1.34. The molecule has 1 aromatic heterocycles. The molecule has 2 rings (SSSR count). The maximum absolute atomic E-state index is 11.8. The first-order valence-corrected chi connectivity index (χ1v) is 5.77. The van der Waals surface area contributed by atoms with Gasteiger partial charge in [-0.15, -0.1) is 0 Å². The van der Waals surface area contributed by atoms with Gasteiger partial charge in [0, 0.05) is 6.20 Å². The Labute approximate surface area is 106 Å². The number of rotatable bonds is 4. The number of carbonyl (C=O) groups excluding carboxylic acids is 1. The number of hydrogen-bond acceptors (Lipinski definition) is 3. The molecule has 0 aliphatic rings. The quantitative estimate of drug-likeness (QED) is 0.852. The van der Waals surface area contributed by atoms with E-state index < -0.39 is 0 Å². The van der Waals surface area contributed by atoms with Gasteiger partial charge in [-0.25, -0.2) is 0 Å². The second-order valence-corrected chi connectivity index (χ2v) is 4.17. The molecule has 1 amide bonds. The van der Waals surface area contributed by atoms with E-state index in [2.05, 4.69) is 10.4 Å². The van der Waals surface area contributed by atoms with Crippen LogP contribution in [0.1, 0.15) is 18.5 Å². The second kappa shape index (κ2) is 5.35. The van der Waals surface area contributed by atoms with Crippen molar-refractivity contribution >= 4 is 11.6 Å². The summed E-state index contributed by atoms with van der Waals surface area (Å²) in [4.78, 5) is 11.8. The van der Waals surface area contributed by atoms with Gasteiger partial charge in [-0.2, -0.15) is 5.10 Å². The number of nitrogens with zero attached hydrogens (tertiary/aromatic N) is 2. The van der Waals surface area contributed by atoms with E-state index >= 15 is 0 Å². The zero-order valence-corrected chi connectivity index (χ0v) is 10.2. The van der Waals surface area contributed by atoms with Crippen molar-refractivity contribution in [2.24, 2.45) is 0 Å². The number of nitrogens with one attached hydrogen (secondary N) is 1. The highest BCUT2D eigenvalue weighted by Crippen LogP contribution is 2.10. The van der Waals surface area contributed by atoms with E-state index in [4.69, 9.17) is 5.73 Å². The zero-order chi connectivity index (χ0) is 13.0. The summed E-state index contributed by atoms with van der Waals surface area (Å²) < 4.78 is 1.52. The first kappa shape index (κ1) is 12.2. The minimum atomic E-state index is -0.0885. The zero-order valence-electron chi connectivity index (χ0n) is 10.2. The Morgan fingerprint density at radius 1 is 1.44 bits per heavy atom. The van der Waals surface area contributed by atoms with Crippen molar-refractivity contribution in [3.8, 4) is 0 Å². The molecule has 1 heterocycles. The summed E-state index contributed by atoms with van der Waals surface area (Å²) in [5.74, 6) is -0.0885. The fourth-order valence-corrected chi connectivity index (χ4v) is 1.73. The lowest BCUT2D eigenvalue weighted by Gasteiger charge is -2.14. The van der Waals surface area contributed by atoms with Crippen LogP contribution in [0.25, 0.3) is 0 Å². The normalized spacial score (nSPS) is 12.1. The van der Waals surface area contributed by atoms with E-state index in [0.717, 1.165) is 5.56 Å². The fourth-order valence-electron chi connectivity index (χ4n) is 1.73. The smallest absolute Gasteiger partial charge is 0.242 e. The first-order chi connectivity index (χ1) is 8.65. The Kier molecular flexibility index (Phi) is 3.62. The highest BCUT2D eigenvalue weighted by molar-refractivity contribution is 5.76. The number of hydrogen-bond donors (Lipinski definition) is 2. The lowest BCUT2D eigenvalue weighted by atomic mass is 10.1. The maximum atomic E-state index is 11.8. The molecule has 0 radical (unpaired) electrons. The van der Waals surface area contributed by atoms with Gasteiger partial charge in [0.05, 0.1) is 17.9 Å². The van der Waals surface area contributed by atoms with Crippen molar-refractivity contribution in [3.05, 3.63) is 48.3 Å². The average Bonchev–Trinajstić information content (AvgIpc) is 2.75. The number of carbonyl (C=O) groups is 1. The van der Waals surface area contributed by atoms with Gasteiger partial charge >= 0.3 is 0 Å². The standard InChI is InChI=1S/C13H16N4O/c1-10(11-5-3-2-4-6-11)16-13(18)9-17-8-12(14)7-15-17/h2-8,10H,9,14H2,1H3,(H,16,18). The van der Waals surface area contributed by atoms with Crippen LogP contribution < -0.4 is 11.1 Å². The van der Waals surface area contributed by atoms with Crippen LogP contribution in [0.5, 0.6) is 0 Å². The molecule has 0 aliphatic carbocycles. The molecule has 1 aromatic carbocycles. The molecular weight excluding hydrogens is 228 g/mol. The average molecular weight is 244 g/mol. The number of aromatic nitrogens is 2. The number of benzene rings is 1. The lowest BCUT2D eigenvalue weighted by molar-refractivity contribution is -0.122. The Morgan fingerprint density at radius 3 is 2.78 bits per heavy atom. The third-order valence-electron chi connectivity index (χ3n) is 2.64. The van der Waals surface area contributed by atoms with E-state index in [9.17, 15) is 4.79 Å². The molecule has 0 saturated carbocycles. The fraction of sp³-hybridized carbons (Fsp3) is 0.231. The molecule has 0 saturated heterocycles. The molecular formula is C13H16N4O. The Balaban J connectivity index is 1.92. The maximum Gasteiger partial charge on any atom is 0.242 e. The van der Waals surface area contributed by atoms with Crippen LogP contribution in [0.4, 0.5) is 5.69 Å². The summed E-state index contributed by atoms with van der Waals surface area (Å²) in [5.41, 5.74) is 7.16. The van der Waals surface area contributed by atoms with E-state index in [1.165, 1.54) is 10.9 Å². The van der Waals surface area contributed by atoms with Crippen molar-refractivity contribution in [1.82, 2.24) is 15.1 Å². The third-order valence-corrected chi connectivity index (χ3v) is 2.64. The SMILES string of the molecule is CC(NC(=O)Cn1cc(N)cn1)c1ccccc1. The lowest BCUT2D eigenvalue weighted by Crippen LogP contribution is -2.30. The second-order valence-electron chi connectivity index (χ2n) is 4.17.